The topological polar surface area (TPSA) is 37.4 Å². The minimum atomic E-state index is -2.77. The first-order chi connectivity index (χ1) is 5.54. The molecular weight excluding hydrogens is 174 g/mol. The van der Waals surface area contributed by atoms with Crippen LogP contribution in [0.25, 0.3) is 0 Å². The largest absolute Gasteiger partial charge is 0.301 e. The summed E-state index contributed by atoms with van der Waals surface area (Å²) in [4.78, 5) is 2.20. The summed E-state index contributed by atoms with van der Waals surface area (Å²) < 4.78 is 22.0. The molecule has 72 valence electrons. The van der Waals surface area contributed by atoms with Gasteiger partial charge in [-0.05, 0) is 13.0 Å². The van der Waals surface area contributed by atoms with Gasteiger partial charge in [0.15, 0.2) is 9.84 Å². The molecule has 0 spiro atoms. The Bertz CT molecular complexity index is 229. The van der Waals surface area contributed by atoms with E-state index in [1.165, 1.54) is 19.1 Å². The monoisotopic (exact) mass is 191 g/mol. The van der Waals surface area contributed by atoms with Crippen molar-refractivity contribution in [1.82, 2.24) is 4.90 Å². The minimum Gasteiger partial charge on any atom is -0.301 e. The smallest absolute Gasteiger partial charge is 0.152 e. The van der Waals surface area contributed by atoms with E-state index >= 15 is 0 Å². The molecule has 1 aliphatic heterocycles. The first kappa shape index (κ1) is 9.99. The van der Waals surface area contributed by atoms with Gasteiger partial charge in [0.1, 0.15) is 0 Å². The summed E-state index contributed by atoms with van der Waals surface area (Å²) in [5.74, 6) is 0. The Balaban J connectivity index is 2.20. The van der Waals surface area contributed by atoms with Gasteiger partial charge in [-0.25, -0.2) is 8.42 Å². The zero-order valence-corrected chi connectivity index (χ0v) is 8.60. The van der Waals surface area contributed by atoms with E-state index in [2.05, 4.69) is 11.8 Å². The molecule has 1 aliphatic rings. The van der Waals surface area contributed by atoms with E-state index in [9.17, 15) is 8.42 Å². The van der Waals surface area contributed by atoms with Gasteiger partial charge in [-0.15, -0.1) is 0 Å². The highest BCUT2D eigenvalue weighted by atomic mass is 32.2. The number of hydrogen-bond donors (Lipinski definition) is 0. The van der Waals surface area contributed by atoms with Gasteiger partial charge in [0.25, 0.3) is 0 Å². The molecule has 0 radical (unpaired) electrons. The molecule has 1 rings (SSSR count). The standard InChI is InChI=1S/C8H17NO2S/c1-3-4-5-9-6-8(7-9)12(2,10)11/h8H,3-7H2,1-2H3. The molecule has 4 heteroatoms. The molecule has 0 unspecified atom stereocenters. The summed E-state index contributed by atoms with van der Waals surface area (Å²) in [7, 11) is -2.77. The summed E-state index contributed by atoms with van der Waals surface area (Å²) in [6, 6.07) is 0. The fraction of sp³-hybridized carbons (Fsp3) is 1.00. The SMILES string of the molecule is CCCCN1CC(S(C)(=O)=O)C1. The fourth-order valence-corrected chi connectivity index (χ4v) is 2.32. The zero-order valence-electron chi connectivity index (χ0n) is 7.78. The molecule has 0 aliphatic carbocycles. The second-order valence-electron chi connectivity index (χ2n) is 3.56. The summed E-state index contributed by atoms with van der Waals surface area (Å²) >= 11 is 0. The highest BCUT2D eigenvalue weighted by molar-refractivity contribution is 7.91. The van der Waals surface area contributed by atoms with Crippen molar-refractivity contribution in [3.05, 3.63) is 0 Å². The number of rotatable bonds is 4. The number of likely N-dealkylation sites (tertiary alicyclic amines) is 1. The zero-order chi connectivity index (χ0) is 9.19. The van der Waals surface area contributed by atoms with Crippen molar-refractivity contribution in [2.45, 2.75) is 25.0 Å². The summed E-state index contributed by atoms with van der Waals surface area (Å²) in [6.45, 7) is 4.70. The maximum absolute atomic E-state index is 11.0. The second kappa shape index (κ2) is 3.75. The molecule has 12 heavy (non-hydrogen) atoms. The Hall–Kier alpha value is -0.0900. The molecule has 0 aromatic carbocycles. The molecule has 0 bridgehead atoms. The third kappa shape index (κ3) is 2.45. The van der Waals surface area contributed by atoms with Crippen molar-refractivity contribution in [2.75, 3.05) is 25.9 Å². The quantitative estimate of drug-likeness (QED) is 0.650. The predicted molar refractivity (Wildman–Crippen MR) is 50.0 cm³/mol. The third-order valence-electron chi connectivity index (χ3n) is 2.36. The first-order valence-electron chi connectivity index (χ1n) is 4.45. The van der Waals surface area contributed by atoms with Crippen molar-refractivity contribution in [1.29, 1.82) is 0 Å². The molecule has 1 saturated heterocycles. The Kier molecular flexibility index (Phi) is 3.12. The Morgan fingerprint density at radius 1 is 1.42 bits per heavy atom. The van der Waals surface area contributed by atoms with Crippen LogP contribution in [0.5, 0.6) is 0 Å². The van der Waals surface area contributed by atoms with Crippen LogP contribution in [-0.4, -0.2) is 44.5 Å². The maximum Gasteiger partial charge on any atom is 0.152 e. The van der Waals surface area contributed by atoms with E-state index in [4.69, 9.17) is 0 Å². The lowest BCUT2D eigenvalue weighted by molar-refractivity contribution is 0.182. The Morgan fingerprint density at radius 2 is 2.00 bits per heavy atom. The lowest BCUT2D eigenvalue weighted by atomic mass is 10.2. The molecule has 1 fully saturated rings. The van der Waals surface area contributed by atoms with Crippen LogP contribution >= 0.6 is 0 Å². The Labute approximate surface area is 74.7 Å². The van der Waals surface area contributed by atoms with Crippen LogP contribution in [0, 0.1) is 0 Å². The van der Waals surface area contributed by atoms with Crippen LogP contribution in [0.1, 0.15) is 19.8 Å². The highest BCUT2D eigenvalue weighted by Gasteiger charge is 2.33. The molecular formula is C8H17NO2S. The molecule has 0 saturated carbocycles. The van der Waals surface area contributed by atoms with Crippen molar-refractivity contribution in [3.63, 3.8) is 0 Å². The number of sulfone groups is 1. The van der Waals surface area contributed by atoms with Gasteiger partial charge >= 0.3 is 0 Å². The fourth-order valence-electron chi connectivity index (χ4n) is 1.36. The van der Waals surface area contributed by atoms with Crippen molar-refractivity contribution in [3.8, 4) is 0 Å². The van der Waals surface area contributed by atoms with Crippen LogP contribution in [0.15, 0.2) is 0 Å². The van der Waals surface area contributed by atoms with E-state index in [0.29, 0.717) is 0 Å². The molecule has 0 amide bonds. The van der Waals surface area contributed by atoms with Crippen molar-refractivity contribution >= 4 is 9.84 Å². The lowest BCUT2D eigenvalue weighted by Crippen LogP contribution is -2.54. The minimum absolute atomic E-state index is 0.0886. The second-order valence-corrected chi connectivity index (χ2v) is 5.89. The molecule has 0 aromatic rings. The van der Waals surface area contributed by atoms with Gasteiger partial charge in [0.05, 0.1) is 5.25 Å². The molecule has 1 heterocycles. The van der Waals surface area contributed by atoms with Gasteiger partial charge in [0.2, 0.25) is 0 Å². The van der Waals surface area contributed by atoms with Gasteiger partial charge < -0.3 is 4.90 Å². The predicted octanol–water partition coefficient (Wildman–Crippen LogP) is 0.515. The highest BCUT2D eigenvalue weighted by Crippen LogP contribution is 2.15. The molecule has 0 N–H and O–H groups in total. The summed E-state index contributed by atoms with van der Waals surface area (Å²) in [5.41, 5.74) is 0. The normalized spacial score (nSPS) is 20.8. The van der Waals surface area contributed by atoms with Crippen LogP contribution < -0.4 is 0 Å². The number of hydrogen-bond acceptors (Lipinski definition) is 3. The molecule has 3 nitrogen and oxygen atoms in total. The average Bonchev–Trinajstić information content (AvgIpc) is 1.81. The van der Waals surface area contributed by atoms with E-state index < -0.39 is 9.84 Å². The third-order valence-corrected chi connectivity index (χ3v) is 3.87. The van der Waals surface area contributed by atoms with Crippen LogP contribution in [0.2, 0.25) is 0 Å². The lowest BCUT2D eigenvalue weighted by Gasteiger charge is -2.37. The van der Waals surface area contributed by atoms with Gasteiger partial charge in [-0.3, -0.25) is 0 Å². The van der Waals surface area contributed by atoms with E-state index in [1.54, 1.807) is 0 Å². The first-order valence-corrected chi connectivity index (χ1v) is 6.40. The number of nitrogens with zero attached hydrogens (tertiary/aromatic N) is 1. The van der Waals surface area contributed by atoms with Gasteiger partial charge in [-0.2, -0.15) is 0 Å². The van der Waals surface area contributed by atoms with E-state index in [-0.39, 0.29) is 5.25 Å². The van der Waals surface area contributed by atoms with Crippen LogP contribution in [-0.2, 0) is 9.84 Å². The van der Waals surface area contributed by atoms with Crippen LogP contribution in [0.3, 0.4) is 0 Å². The van der Waals surface area contributed by atoms with E-state index in [1.807, 2.05) is 0 Å². The Morgan fingerprint density at radius 3 is 2.42 bits per heavy atom. The van der Waals surface area contributed by atoms with Crippen molar-refractivity contribution in [2.24, 2.45) is 0 Å². The van der Waals surface area contributed by atoms with Crippen molar-refractivity contribution < 1.29 is 8.42 Å². The van der Waals surface area contributed by atoms with Gasteiger partial charge in [0, 0.05) is 19.3 Å². The van der Waals surface area contributed by atoms with Crippen LogP contribution in [0.4, 0.5) is 0 Å². The number of unbranched alkanes of at least 4 members (excludes halogenated alkanes) is 1. The maximum atomic E-state index is 11.0. The molecule has 0 atom stereocenters. The summed E-state index contributed by atoms with van der Waals surface area (Å²) in [6.07, 6.45) is 3.69. The molecule has 0 aromatic heterocycles. The van der Waals surface area contributed by atoms with Gasteiger partial charge in [-0.1, -0.05) is 13.3 Å². The average molecular weight is 191 g/mol. The van der Waals surface area contributed by atoms with E-state index in [0.717, 1.165) is 19.6 Å². The summed E-state index contributed by atoms with van der Waals surface area (Å²) in [5, 5.41) is -0.0886.